The van der Waals surface area contributed by atoms with Gasteiger partial charge < -0.3 is 88.7 Å². The van der Waals surface area contributed by atoms with Crippen molar-refractivity contribution in [3.63, 3.8) is 0 Å². The van der Waals surface area contributed by atoms with Gasteiger partial charge in [0.15, 0.2) is 0 Å². The van der Waals surface area contributed by atoms with Crippen molar-refractivity contribution in [1.82, 2.24) is 31.9 Å². The average molecular weight is 2060 g/mol. The van der Waals surface area contributed by atoms with Gasteiger partial charge in [-0.1, -0.05) is 261 Å². The quantitative estimate of drug-likeness (QED) is 0.0117. The molecule has 0 heterocycles. The highest BCUT2D eigenvalue weighted by molar-refractivity contribution is 5.97. The van der Waals surface area contributed by atoms with Crippen LogP contribution in [0, 0.1) is 17.3 Å². The lowest BCUT2D eigenvalue weighted by molar-refractivity contribution is -0.143. The van der Waals surface area contributed by atoms with Crippen molar-refractivity contribution in [3.8, 4) is 0 Å². The van der Waals surface area contributed by atoms with Gasteiger partial charge in [0.05, 0.1) is 75.4 Å². The summed E-state index contributed by atoms with van der Waals surface area (Å²) >= 11 is 0. The van der Waals surface area contributed by atoms with Gasteiger partial charge in [-0.3, -0.25) is 28.8 Å². The van der Waals surface area contributed by atoms with Gasteiger partial charge in [0.1, 0.15) is 39.6 Å². The Bertz CT molecular complexity index is 5490. The van der Waals surface area contributed by atoms with Crippen LogP contribution in [-0.4, -0.2) is 186 Å². The number of nitrogens with one attached hydrogen (secondary N) is 6. The van der Waals surface area contributed by atoms with Gasteiger partial charge in [-0.25, -0.2) is 57.5 Å². The molecule has 1 saturated carbocycles. The zero-order valence-electron chi connectivity index (χ0n) is 86.6. The zero-order chi connectivity index (χ0) is 110. The Morgan fingerprint density at radius 2 is 0.523 bits per heavy atom. The van der Waals surface area contributed by atoms with Gasteiger partial charge in [0.25, 0.3) is 5.91 Å². The minimum Gasteiger partial charge on any atom is -0.463 e. The predicted octanol–water partition coefficient (Wildman–Crippen LogP) is 14.5. The fraction of sp³-hybridized carbons (Fsp3) is 0.363. The molecule has 0 aliphatic heterocycles. The highest BCUT2D eigenvalue weighted by Gasteiger charge is 2.29. The molecule has 1 fully saturated rings. The van der Waals surface area contributed by atoms with Crippen molar-refractivity contribution in [2.45, 2.75) is 178 Å². The van der Waals surface area contributed by atoms with Crippen LogP contribution in [0.15, 0.2) is 285 Å². The number of ether oxygens (including phenoxy) is 12. The topological polar surface area (TPSA) is 490 Å². The fourth-order valence-electron chi connectivity index (χ4n) is 12.5. The van der Waals surface area contributed by atoms with E-state index < -0.39 is 113 Å². The van der Waals surface area contributed by atoms with Gasteiger partial charge in [-0.15, -0.1) is 0 Å². The summed E-state index contributed by atoms with van der Waals surface area (Å²) < 4.78 is 59.1. The van der Waals surface area contributed by atoms with Crippen LogP contribution in [0.1, 0.15) is 215 Å². The Kier molecular flexibility index (Phi) is 63.2. The van der Waals surface area contributed by atoms with Crippen LogP contribution in [0.25, 0.3) is 0 Å². The number of carbonyl (C=O) groups excluding carboxylic acids is 18. The summed E-state index contributed by atoms with van der Waals surface area (Å²) in [5, 5.41) is 17.1. The van der Waals surface area contributed by atoms with E-state index in [0.717, 1.165) is 132 Å². The second-order valence-electron chi connectivity index (χ2n) is 33.5. The molecule has 149 heavy (non-hydrogen) atoms. The maximum Gasteiger partial charge on any atom is 0.331 e. The molecular formula is C113H138N6O30. The third kappa shape index (κ3) is 58.2. The second kappa shape index (κ2) is 74.3. The van der Waals surface area contributed by atoms with Crippen LogP contribution >= 0.6 is 0 Å². The summed E-state index contributed by atoms with van der Waals surface area (Å²) in [4.78, 5) is 210. The van der Waals surface area contributed by atoms with Crippen LogP contribution in [0.5, 0.6) is 0 Å². The fourth-order valence-corrected chi connectivity index (χ4v) is 12.5. The first-order chi connectivity index (χ1) is 71.3. The van der Waals surface area contributed by atoms with Crippen molar-refractivity contribution in [3.05, 3.63) is 324 Å². The van der Waals surface area contributed by atoms with Crippen molar-refractivity contribution in [2.24, 2.45) is 17.3 Å². The Balaban J connectivity index is 0.000000460. The molecule has 7 aromatic rings. The van der Waals surface area contributed by atoms with Crippen molar-refractivity contribution < 1.29 is 143 Å². The summed E-state index contributed by atoms with van der Waals surface area (Å²) in [7, 11) is 0. The Labute approximate surface area is 869 Å². The summed E-state index contributed by atoms with van der Waals surface area (Å²) in [6, 6.07) is 61.4. The smallest absolute Gasteiger partial charge is 0.331 e. The lowest BCUT2D eigenvalue weighted by Crippen LogP contribution is -2.39. The van der Waals surface area contributed by atoms with E-state index in [1.54, 1.807) is 114 Å². The molecular weight excluding hydrogens is 1920 g/mol. The SMILES string of the molecule is CC(=O)NC(COC(=O)/C=C/C(=O)OC(C)C)c1ccccc1.CCOC(=O)/C=C/C(=O)OCC(NC(=O)C(C)(C)C)c1ccccc1.CCOC(=O)/C=C/C(=O)OCC(NC(=O)C(C)C)c1ccccc1.CCOC(=O)/C=C/C(=O)OCC(NC(=O)C1CCCCC1)c1ccccc1.CCOC(=O)/C=C/C(=O)OCC(NC(=O)CC)c1ccccc1.CCOC(=O)/C=C/C(=O)OCC(NC(=O)c1ccccc1)c1ccccc1. The molecule has 6 N–H and O–H groups in total. The number of rotatable bonds is 46. The zero-order valence-corrected chi connectivity index (χ0v) is 86.6. The van der Waals surface area contributed by atoms with Crippen LogP contribution in [0.2, 0.25) is 0 Å². The summed E-state index contributed by atoms with van der Waals surface area (Å²) in [6.07, 6.45) is 17.3. The molecule has 0 spiro atoms. The molecule has 8 rings (SSSR count). The normalized spacial score (nSPS) is 12.7. The lowest BCUT2D eigenvalue weighted by atomic mass is 9.88. The van der Waals surface area contributed by atoms with E-state index in [2.05, 4.69) is 46.1 Å². The lowest BCUT2D eigenvalue weighted by Gasteiger charge is -2.25. The standard InChI is InChI=1S/C21H27NO5.C21H21NO5.C19H25NO5.C18H23NO5.2C17H21NO5/c2*1-2-26-19(23)13-14-20(24)27-15-18(16-9-5-3-6-10-16)22-21(25)17-11-7-4-8-12-17;1-5-24-16(21)11-12-17(22)25-13-15(14-9-7-6-8-10-14)20-18(23)19(2,3)4;1-4-23-16(20)10-11-17(21)24-12-15(19-18(22)13(2)3)14-8-6-5-7-9-14;1-12(2)23-17(21)10-9-16(20)22-11-15(18-13(3)19)14-7-5-4-6-8-14;1-3-15(19)18-14(13-8-6-5-7-9-13)12-23-17(21)11-10-16(20)22-4-2/h3,5-6,9-10,13-14,17-18H,2,4,7-8,11-12,15H2,1H3,(H,22,25);3-14,18H,2,15H2,1H3,(H,22,25);6-12,15H,5,13H2,1-4H3,(H,20,23);5-11,13,15H,4,12H2,1-3H3,(H,19,22);4-10,12,15H,11H2,1-3H3,(H,18,19);5-11,14H,3-4,12H2,1-2H3,(H,18,19)/b2*14-13+;12-11+;11-10+;10-9+;11-10+. The third-order valence-electron chi connectivity index (χ3n) is 20.0. The molecule has 0 saturated heterocycles. The molecule has 36 heteroatoms. The number of esters is 12. The molecule has 800 valence electrons. The van der Waals surface area contributed by atoms with E-state index in [9.17, 15) is 86.3 Å². The van der Waals surface area contributed by atoms with E-state index in [4.69, 9.17) is 42.6 Å². The summed E-state index contributed by atoms with van der Waals surface area (Å²) in [6.45, 7) is 24.8. The number of benzene rings is 7. The monoisotopic (exact) mass is 2060 g/mol. The molecule has 1 aliphatic rings. The minimum absolute atomic E-state index is 0.00154. The van der Waals surface area contributed by atoms with E-state index in [0.29, 0.717) is 12.0 Å². The van der Waals surface area contributed by atoms with Gasteiger partial charge in [0.2, 0.25) is 29.5 Å². The molecule has 0 bridgehead atoms. The molecule has 1 aliphatic carbocycles. The van der Waals surface area contributed by atoms with Gasteiger partial charge in [-0.2, -0.15) is 0 Å². The van der Waals surface area contributed by atoms with Crippen molar-refractivity contribution in [1.29, 1.82) is 0 Å². The highest BCUT2D eigenvalue weighted by atomic mass is 16.6. The predicted molar refractivity (Wildman–Crippen MR) is 552 cm³/mol. The van der Waals surface area contributed by atoms with Crippen LogP contribution < -0.4 is 31.9 Å². The molecule has 7 aromatic carbocycles. The van der Waals surface area contributed by atoms with Crippen LogP contribution in [0.3, 0.4) is 0 Å². The maximum absolute atomic E-state index is 12.6. The van der Waals surface area contributed by atoms with E-state index >= 15 is 0 Å². The Hall–Kier alpha value is -16.6. The minimum atomic E-state index is -0.696. The first-order valence-electron chi connectivity index (χ1n) is 48.6. The van der Waals surface area contributed by atoms with E-state index in [1.807, 2.05) is 188 Å². The first kappa shape index (κ1) is 127. The first-order valence-corrected chi connectivity index (χ1v) is 48.6. The molecule has 6 unspecified atom stereocenters. The van der Waals surface area contributed by atoms with Crippen LogP contribution in [0.4, 0.5) is 0 Å². The largest absolute Gasteiger partial charge is 0.463 e. The van der Waals surface area contributed by atoms with Crippen molar-refractivity contribution in [2.75, 3.05) is 72.7 Å². The Morgan fingerprint density at radius 3 is 0.772 bits per heavy atom. The number of carbonyl (C=O) groups is 18. The Morgan fingerprint density at radius 1 is 0.289 bits per heavy atom. The van der Waals surface area contributed by atoms with Gasteiger partial charge in [0, 0.05) is 109 Å². The molecule has 0 aromatic heterocycles. The number of amides is 6. The number of hydrogen-bond donors (Lipinski definition) is 6. The van der Waals surface area contributed by atoms with Gasteiger partial charge >= 0.3 is 71.6 Å². The third-order valence-corrected chi connectivity index (χ3v) is 20.0. The van der Waals surface area contributed by atoms with Crippen LogP contribution in [-0.2, 0) is 138 Å². The van der Waals surface area contributed by atoms with Gasteiger partial charge in [-0.05, 0) is 107 Å². The number of hydrogen-bond acceptors (Lipinski definition) is 30. The summed E-state index contributed by atoms with van der Waals surface area (Å²) in [5.74, 6) is -8.83. The summed E-state index contributed by atoms with van der Waals surface area (Å²) in [5.41, 5.74) is 4.90. The molecule has 0 radical (unpaired) electrons. The highest BCUT2D eigenvalue weighted by Crippen LogP contribution is 2.27. The second-order valence-corrected chi connectivity index (χ2v) is 33.5. The molecule has 6 atom stereocenters. The van der Waals surface area contributed by atoms with E-state index in [1.165, 1.54) is 13.3 Å². The maximum atomic E-state index is 12.6. The molecule has 6 amide bonds. The van der Waals surface area contributed by atoms with Crippen molar-refractivity contribution >= 4 is 107 Å². The average Bonchev–Trinajstić information content (AvgIpc) is 0.875. The molecule has 36 nitrogen and oxygen atoms in total. The van der Waals surface area contributed by atoms with E-state index in [-0.39, 0.29) is 126 Å².